The van der Waals surface area contributed by atoms with Crippen molar-refractivity contribution in [3.8, 4) is 5.75 Å². The van der Waals surface area contributed by atoms with E-state index in [4.69, 9.17) is 16.3 Å². The Balaban J connectivity index is 3.01. The van der Waals surface area contributed by atoms with E-state index in [1.54, 1.807) is 0 Å². The van der Waals surface area contributed by atoms with Crippen LogP contribution in [0.15, 0.2) is 18.2 Å². The average molecular weight is 378 g/mol. The van der Waals surface area contributed by atoms with Crippen LogP contribution in [0.5, 0.6) is 5.75 Å². The highest BCUT2D eigenvalue weighted by Crippen LogP contribution is 2.28. The van der Waals surface area contributed by atoms with Gasteiger partial charge in [-0.1, -0.05) is 17.7 Å². The lowest BCUT2D eigenvalue weighted by Gasteiger charge is -2.20. The summed E-state index contributed by atoms with van der Waals surface area (Å²) in [5.74, 6) is -2.68. The normalized spacial score (nSPS) is 13.2. The van der Waals surface area contributed by atoms with Gasteiger partial charge in [-0.05, 0) is 38.5 Å². The van der Waals surface area contributed by atoms with Crippen molar-refractivity contribution in [2.45, 2.75) is 31.6 Å². The Labute approximate surface area is 145 Å². The summed E-state index contributed by atoms with van der Waals surface area (Å²) in [4.78, 5) is 23.4. The number of carboxylic acids is 1. The molecule has 0 fully saturated rings. The van der Waals surface area contributed by atoms with E-state index in [9.17, 15) is 23.1 Å². The summed E-state index contributed by atoms with van der Waals surface area (Å²) in [7, 11) is -2.31. The number of carbonyl (C=O) groups is 2. The van der Waals surface area contributed by atoms with Gasteiger partial charge in [-0.25, -0.2) is 13.2 Å². The molecule has 0 aliphatic rings. The van der Waals surface area contributed by atoms with Gasteiger partial charge in [0.15, 0.2) is 15.9 Å². The van der Waals surface area contributed by atoms with E-state index in [0.29, 0.717) is 5.75 Å². The largest absolute Gasteiger partial charge is 0.495 e. The standard InChI is InChI=1S/C15H20ClNO6S/c1-15(2,3)24(21,22)8-12(18)17-13(14(19)20)9-5-6-11(23-4)10(16)7-9/h5-7,13H,8H2,1-4H3,(H,17,18)(H,19,20). The molecule has 0 aromatic heterocycles. The molecule has 1 rings (SSSR count). The molecule has 24 heavy (non-hydrogen) atoms. The SMILES string of the molecule is COc1ccc(C(NC(=O)CS(=O)(=O)C(C)(C)C)C(=O)O)cc1Cl. The number of carbonyl (C=O) groups excluding carboxylic acids is 1. The van der Waals surface area contributed by atoms with Crippen molar-refractivity contribution in [3.05, 3.63) is 28.8 Å². The number of benzene rings is 1. The van der Waals surface area contributed by atoms with Crippen molar-refractivity contribution in [2.24, 2.45) is 0 Å². The third-order valence-corrected chi connectivity index (χ3v) is 6.12. The highest BCUT2D eigenvalue weighted by atomic mass is 35.5. The molecule has 0 heterocycles. The number of hydrogen-bond donors (Lipinski definition) is 2. The predicted octanol–water partition coefficient (Wildman–Crippen LogP) is 1.80. The Morgan fingerprint density at radius 2 is 1.92 bits per heavy atom. The van der Waals surface area contributed by atoms with Crippen molar-refractivity contribution in [1.29, 1.82) is 0 Å². The van der Waals surface area contributed by atoms with Gasteiger partial charge in [0.2, 0.25) is 5.91 Å². The van der Waals surface area contributed by atoms with Crippen LogP contribution >= 0.6 is 11.6 Å². The molecule has 2 N–H and O–H groups in total. The quantitative estimate of drug-likeness (QED) is 0.782. The van der Waals surface area contributed by atoms with Crippen molar-refractivity contribution in [2.75, 3.05) is 12.9 Å². The van der Waals surface area contributed by atoms with Crippen LogP contribution in [-0.2, 0) is 19.4 Å². The number of rotatable bonds is 6. The monoisotopic (exact) mass is 377 g/mol. The second kappa shape index (κ2) is 7.40. The number of nitrogens with one attached hydrogen (secondary N) is 1. The summed E-state index contributed by atoms with van der Waals surface area (Å²) in [5.41, 5.74) is 0.204. The second-order valence-electron chi connectivity index (χ2n) is 6.10. The third-order valence-electron chi connectivity index (χ3n) is 3.32. The number of methoxy groups -OCH3 is 1. The molecule has 0 radical (unpaired) electrons. The number of hydrogen-bond acceptors (Lipinski definition) is 5. The number of carboxylic acid groups (broad SMARTS) is 1. The number of sulfone groups is 1. The number of amides is 1. The molecule has 1 aromatic carbocycles. The fourth-order valence-corrected chi connectivity index (χ4v) is 2.87. The van der Waals surface area contributed by atoms with Gasteiger partial charge in [0.25, 0.3) is 0 Å². The summed E-state index contributed by atoms with van der Waals surface area (Å²) >= 11 is 5.95. The Morgan fingerprint density at radius 3 is 2.33 bits per heavy atom. The van der Waals surface area contributed by atoms with Crippen LogP contribution in [0.2, 0.25) is 5.02 Å². The first-order valence-electron chi connectivity index (χ1n) is 6.97. The van der Waals surface area contributed by atoms with Crippen LogP contribution in [0.3, 0.4) is 0 Å². The number of halogens is 1. The smallest absolute Gasteiger partial charge is 0.330 e. The van der Waals surface area contributed by atoms with Gasteiger partial charge >= 0.3 is 5.97 Å². The molecule has 0 spiro atoms. The first kappa shape index (κ1) is 20.2. The molecular weight excluding hydrogens is 358 g/mol. The van der Waals surface area contributed by atoms with Crippen LogP contribution in [0, 0.1) is 0 Å². The molecule has 0 saturated carbocycles. The lowest BCUT2D eigenvalue weighted by atomic mass is 10.1. The molecule has 0 saturated heterocycles. The maximum atomic E-state index is 12.0. The Morgan fingerprint density at radius 1 is 1.33 bits per heavy atom. The van der Waals surface area contributed by atoms with Crippen molar-refractivity contribution in [3.63, 3.8) is 0 Å². The maximum Gasteiger partial charge on any atom is 0.330 e. The van der Waals surface area contributed by atoms with Crippen molar-refractivity contribution < 1.29 is 27.9 Å². The molecule has 134 valence electrons. The average Bonchev–Trinajstić information content (AvgIpc) is 2.42. The van der Waals surface area contributed by atoms with Gasteiger partial charge in [0, 0.05) is 0 Å². The lowest BCUT2D eigenvalue weighted by molar-refractivity contribution is -0.141. The van der Waals surface area contributed by atoms with Crippen LogP contribution in [0.25, 0.3) is 0 Å². The van der Waals surface area contributed by atoms with Gasteiger partial charge < -0.3 is 15.2 Å². The highest BCUT2D eigenvalue weighted by Gasteiger charge is 2.33. The lowest BCUT2D eigenvalue weighted by Crippen LogP contribution is -2.41. The fourth-order valence-electron chi connectivity index (χ4n) is 1.74. The minimum absolute atomic E-state index is 0.179. The summed E-state index contributed by atoms with van der Waals surface area (Å²) in [5, 5.41) is 11.7. The van der Waals surface area contributed by atoms with E-state index >= 15 is 0 Å². The van der Waals surface area contributed by atoms with Crippen LogP contribution in [0.1, 0.15) is 32.4 Å². The van der Waals surface area contributed by atoms with E-state index in [1.165, 1.54) is 46.1 Å². The topological polar surface area (TPSA) is 110 Å². The molecule has 1 amide bonds. The zero-order chi connectivity index (χ0) is 18.7. The van der Waals surface area contributed by atoms with E-state index in [0.717, 1.165) is 0 Å². The predicted molar refractivity (Wildman–Crippen MR) is 90.1 cm³/mol. The molecule has 1 unspecified atom stereocenters. The van der Waals surface area contributed by atoms with E-state index in [-0.39, 0.29) is 10.6 Å². The number of aliphatic carboxylic acids is 1. The third kappa shape index (κ3) is 4.85. The molecule has 0 aliphatic heterocycles. The molecule has 7 nitrogen and oxygen atoms in total. The minimum atomic E-state index is -3.72. The molecule has 0 aliphatic carbocycles. The maximum absolute atomic E-state index is 12.0. The molecule has 1 aromatic rings. The van der Waals surface area contributed by atoms with Gasteiger partial charge in [0.1, 0.15) is 11.5 Å². The van der Waals surface area contributed by atoms with E-state index < -0.39 is 38.3 Å². The zero-order valence-electron chi connectivity index (χ0n) is 13.8. The summed E-state index contributed by atoms with van der Waals surface area (Å²) in [6, 6.07) is 2.82. The van der Waals surface area contributed by atoms with Crippen molar-refractivity contribution in [1.82, 2.24) is 5.32 Å². The Hall–Kier alpha value is -1.80. The molecule has 0 bridgehead atoms. The summed E-state index contributed by atoms with van der Waals surface area (Å²) in [6.07, 6.45) is 0. The van der Waals surface area contributed by atoms with E-state index in [1.807, 2.05) is 0 Å². The first-order valence-corrected chi connectivity index (χ1v) is 9.00. The zero-order valence-corrected chi connectivity index (χ0v) is 15.4. The van der Waals surface area contributed by atoms with Crippen LogP contribution < -0.4 is 10.1 Å². The van der Waals surface area contributed by atoms with E-state index in [2.05, 4.69) is 5.32 Å². The number of ether oxygens (including phenoxy) is 1. The fraction of sp³-hybridized carbons (Fsp3) is 0.467. The van der Waals surface area contributed by atoms with Crippen LogP contribution in [0.4, 0.5) is 0 Å². The summed E-state index contributed by atoms with van der Waals surface area (Å²) in [6.45, 7) is 4.40. The van der Waals surface area contributed by atoms with Gasteiger partial charge in [-0.15, -0.1) is 0 Å². The first-order chi connectivity index (χ1) is 10.9. The molecule has 9 heteroatoms. The van der Waals surface area contributed by atoms with Gasteiger partial charge in [-0.2, -0.15) is 0 Å². The Kier molecular flexibility index (Phi) is 6.24. The Bertz CT molecular complexity index is 739. The second-order valence-corrected chi connectivity index (χ2v) is 9.25. The minimum Gasteiger partial charge on any atom is -0.495 e. The highest BCUT2D eigenvalue weighted by molar-refractivity contribution is 7.93. The van der Waals surface area contributed by atoms with Crippen LogP contribution in [-0.4, -0.2) is 43.0 Å². The summed E-state index contributed by atoms with van der Waals surface area (Å²) < 4.78 is 27.9. The van der Waals surface area contributed by atoms with Gasteiger partial charge in [0.05, 0.1) is 16.9 Å². The molecular formula is C15H20ClNO6S. The molecule has 1 atom stereocenters. The van der Waals surface area contributed by atoms with Crippen molar-refractivity contribution >= 4 is 33.3 Å². The van der Waals surface area contributed by atoms with Gasteiger partial charge in [-0.3, -0.25) is 4.79 Å².